The van der Waals surface area contributed by atoms with E-state index >= 15 is 0 Å². The predicted molar refractivity (Wildman–Crippen MR) is 64.5 cm³/mol. The molecule has 1 aliphatic carbocycles. The first-order valence-corrected chi connectivity index (χ1v) is 7.90. The van der Waals surface area contributed by atoms with E-state index < -0.39 is 10.0 Å². The van der Waals surface area contributed by atoms with Gasteiger partial charge in [-0.25, -0.2) is 13.6 Å². The van der Waals surface area contributed by atoms with Crippen molar-refractivity contribution < 1.29 is 8.42 Å². The van der Waals surface area contributed by atoms with Gasteiger partial charge in [0.25, 0.3) is 0 Å². The van der Waals surface area contributed by atoms with Gasteiger partial charge in [0.05, 0.1) is 5.25 Å². The molecular weight excluding hydrogens is 224 g/mol. The van der Waals surface area contributed by atoms with Crippen LogP contribution in [0.15, 0.2) is 0 Å². The van der Waals surface area contributed by atoms with Crippen molar-refractivity contribution in [2.75, 3.05) is 19.6 Å². The van der Waals surface area contributed by atoms with E-state index in [2.05, 4.69) is 4.90 Å². The average molecular weight is 246 g/mol. The number of nitrogens with two attached hydrogens (primary N) is 1. The van der Waals surface area contributed by atoms with E-state index in [4.69, 9.17) is 5.14 Å². The Labute approximate surface area is 98.2 Å². The first-order valence-electron chi connectivity index (χ1n) is 6.29. The third kappa shape index (κ3) is 3.18. The van der Waals surface area contributed by atoms with Crippen molar-refractivity contribution in [2.45, 2.75) is 43.8 Å². The van der Waals surface area contributed by atoms with E-state index in [1.165, 1.54) is 32.1 Å². The van der Waals surface area contributed by atoms with Crippen LogP contribution in [0.3, 0.4) is 0 Å². The zero-order valence-corrected chi connectivity index (χ0v) is 10.6. The summed E-state index contributed by atoms with van der Waals surface area (Å²) in [5.74, 6) is 0.785. The molecule has 0 radical (unpaired) electrons. The van der Waals surface area contributed by atoms with Crippen LogP contribution in [0.25, 0.3) is 0 Å². The SMILES string of the molecule is NS(=O)(=O)[C@H]1CCN(CC2CCCCC2)C1. The maximum atomic E-state index is 11.2. The second kappa shape index (κ2) is 5.02. The summed E-state index contributed by atoms with van der Waals surface area (Å²) in [5.41, 5.74) is 0. The van der Waals surface area contributed by atoms with Crippen LogP contribution in [-0.2, 0) is 10.0 Å². The number of rotatable bonds is 3. The summed E-state index contributed by atoms with van der Waals surface area (Å²) in [5, 5.41) is 4.86. The van der Waals surface area contributed by atoms with Crippen molar-refractivity contribution in [1.82, 2.24) is 4.90 Å². The van der Waals surface area contributed by atoms with Gasteiger partial charge in [-0.3, -0.25) is 0 Å². The van der Waals surface area contributed by atoms with Crippen LogP contribution in [0, 0.1) is 5.92 Å². The lowest BCUT2D eigenvalue weighted by molar-refractivity contribution is 0.234. The Kier molecular flexibility index (Phi) is 3.87. The molecule has 1 atom stereocenters. The zero-order valence-electron chi connectivity index (χ0n) is 9.77. The fourth-order valence-corrected chi connectivity index (χ4v) is 3.82. The van der Waals surface area contributed by atoms with Crippen molar-refractivity contribution in [3.05, 3.63) is 0 Å². The molecule has 0 bridgehead atoms. The van der Waals surface area contributed by atoms with Crippen molar-refractivity contribution in [3.8, 4) is 0 Å². The molecule has 94 valence electrons. The summed E-state index contributed by atoms with van der Waals surface area (Å²) >= 11 is 0. The highest BCUT2D eigenvalue weighted by Crippen LogP contribution is 2.26. The van der Waals surface area contributed by atoms with E-state index in [-0.39, 0.29) is 5.25 Å². The monoisotopic (exact) mass is 246 g/mol. The number of hydrogen-bond acceptors (Lipinski definition) is 3. The Hall–Kier alpha value is -0.130. The normalized spacial score (nSPS) is 29.7. The quantitative estimate of drug-likeness (QED) is 0.805. The van der Waals surface area contributed by atoms with Gasteiger partial charge in [0.15, 0.2) is 0 Å². The minimum absolute atomic E-state index is 0.323. The van der Waals surface area contributed by atoms with Crippen molar-refractivity contribution in [1.29, 1.82) is 0 Å². The van der Waals surface area contributed by atoms with Crippen LogP contribution in [-0.4, -0.2) is 38.2 Å². The first kappa shape index (κ1) is 12.3. The van der Waals surface area contributed by atoms with Crippen molar-refractivity contribution in [3.63, 3.8) is 0 Å². The molecular formula is C11H22N2O2S. The minimum atomic E-state index is -3.32. The summed E-state index contributed by atoms with van der Waals surface area (Å²) < 4.78 is 22.4. The zero-order chi connectivity index (χ0) is 11.6. The lowest BCUT2D eigenvalue weighted by Gasteiger charge is -2.26. The van der Waals surface area contributed by atoms with Crippen LogP contribution >= 0.6 is 0 Å². The summed E-state index contributed by atoms with van der Waals surface area (Å²) in [6.45, 7) is 2.62. The van der Waals surface area contributed by atoms with Gasteiger partial charge in [-0.1, -0.05) is 19.3 Å². The molecule has 5 heteroatoms. The molecule has 16 heavy (non-hydrogen) atoms. The molecule has 0 spiro atoms. The maximum Gasteiger partial charge on any atom is 0.213 e. The van der Waals surface area contributed by atoms with Crippen LogP contribution in [0.1, 0.15) is 38.5 Å². The Bertz CT molecular complexity index is 323. The van der Waals surface area contributed by atoms with Gasteiger partial charge in [-0.2, -0.15) is 0 Å². The topological polar surface area (TPSA) is 63.4 Å². The highest BCUT2D eigenvalue weighted by Gasteiger charge is 2.31. The lowest BCUT2D eigenvalue weighted by atomic mass is 9.89. The van der Waals surface area contributed by atoms with Gasteiger partial charge in [0, 0.05) is 13.1 Å². The molecule has 1 saturated heterocycles. The molecule has 0 unspecified atom stereocenters. The summed E-state index contributed by atoms with van der Waals surface area (Å²) in [7, 11) is -3.32. The van der Waals surface area contributed by atoms with Crippen LogP contribution < -0.4 is 5.14 Å². The van der Waals surface area contributed by atoms with Gasteiger partial charge in [-0.15, -0.1) is 0 Å². The number of likely N-dealkylation sites (tertiary alicyclic amines) is 1. The van der Waals surface area contributed by atoms with Crippen molar-refractivity contribution in [2.24, 2.45) is 11.1 Å². The molecule has 0 aromatic heterocycles. The Morgan fingerprint density at radius 1 is 1.12 bits per heavy atom. The van der Waals surface area contributed by atoms with Gasteiger partial charge >= 0.3 is 0 Å². The lowest BCUT2D eigenvalue weighted by Crippen LogP contribution is -2.34. The molecule has 1 heterocycles. The highest BCUT2D eigenvalue weighted by molar-refractivity contribution is 7.89. The molecule has 2 fully saturated rings. The number of nitrogens with zero attached hydrogens (tertiary/aromatic N) is 1. The summed E-state index contributed by atoms with van der Waals surface area (Å²) in [6.07, 6.45) is 7.41. The molecule has 2 aliphatic rings. The molecule has 0 aromatic rings. The van der Waals surface area contributed by atoms with E-state index in [9.17, 15) is 8.42 Å². The second-order valence-electron chi connectivity index (χ2n) is 5.26. The van der Waals surface area contributed by atoms with Crippen molar-refractivity contribution >= 4 is 10.0 Å². The number of primary sulfonamides is 1. The highest BCUT2D eigenvalue weighted by atomic mass is 32.2. The third-order valence-electron chi connectivity index (χ3n) is 3.93. The molecule has 4 nitrogen and oxygen atoms in total. The van der Waals surface area contributed by atoms with Gasteiger partial charge in [-0.05, 0) is 31.7 Å². The number of hydrogen-bond donors (Lipinski definition) is 1. The summed E-state index contributed by atoms with van der Waals surface area (Å²) in [4.78, 5) is 2.28. The minimum Gasteiger partial charge on any atom is -0.302 e. The second-order valence-corrected chi connectivity index (χ2v) is 7.11. The van der Waals surface area contributed by atoms with Gasteiger partial charge in [0.2, 0.25) is 10.0 Å². The Morgan fingerprint density at radius 3 is 2.38 bits per heavy atom. The van der Waals surface area contributed by atoms with Gasteiger partial charge < -0.3 is 4.90 Å². The fourth-order valence-electron chi connectivity index (χ4n) is 2.97. The predicted octanol–water partition coefficient (Wildman–Crippen LogP) is 0.929. The smallest absolute Gasteiger partial charge is 0.213 e. The van der Waals surface area contributed by atoms with E-state index in [1.54, 1.807) is 0 Å². The van der Waals surface area contributed by atoms with Crippen LogP contribution in [0.2, 0.25) is 0 Å². The molecule has 1 aliphatic heterocycles. The van der Waals surface area contributed by atoms with E-state index in [0.717, 1.165) is 19.0 Å². The standard InChI is InChI=1S/C11H22N2O2S/c12-16(14,15)11-6-7-13(9-11)8-10-4-2-1-3-5-10/h10-11H,1-9H2,(H2,12,14,15)/t11-/m0/s1. The largest absolute Gasteiger partial charge is 0.302 e. The maximum absolute atomic E-state index is 11.2. The fraction of sp³-hybridized carbons (Fsp3) is 1.00. The van der Waals surface area contributed by atoms with Crippen LogP contribution in [0.4, 0.5) is 0 Å². The number of sulfonamides is 1. The first-order chi connectivity index (χ1) is 7.55. The third-order valence-corrected chi connectivity index (χ3v) is 5.25. The summed E-state index contributed by atoms with van der Waals surface area (Å²) in [6, 6.07) is 0. The molecule has 1 saturated carbocycles. The van der Waals surface area contributed by atoms with Gasteiger partial charge in [0.1, 0.15) is 0 Å². The Morgan fingerprint density at radius 2 is 1.81 bits per heavy atom. The van der Waals surface area contributed by atoms with E-state index in [0.29, 0.717) is 13.0 Å². The molecule has 2 rings (SSSR count). The molecule has 0 amide bonds. The van der Waals surface area contributed by atoms with E-state index in [1.807, 2.05) is 0 Å². The molecule has 0 aromatic carbocycles. The van der Waals surface area contributed by atoms with Crippen LogP contribution in [0.5, 0.6) is 0 Å². The Balaban J connectivity index is 1.80. The molecule has 2 N–H and O–H groups in total. The average Bonchev–Trinajstić information content (AvgIpc) is 2.67.